The van der Waals surface area contributed by atoms with Gasteiger partial charge in [0.05, 0.1) is 24.6 Å². The van der Waals surface area contributed by atoms with E-state index in [1.807, 2.05) is 29.6 Å². The summed E-state index contributed by atoms with van der Waals surface area (Å²) in [7, 11) is 1.35. The third-order valence-electron chi connectivity index (χ3n) is 3.36. The SMILES string of the molecule is COC(=O)c1ccccc1Cn1ccc2sccc2c1=O. The van der Waals surface area contributed by atoms with Crippen LogP contribution in [0.25, 0.3) is 10.1 Å². The average molecular weight is 299 g/mol. The Morgan fingerprint density at radius 2 is 2.05 bits per heavy atom. The Labute approximate surface area is 125 Å². The highest BCUT2D eigenvalue weighted by molar-refractivity contribution is 7.17. The maximum Gasteiger partial charge on any atom is 0.338 e. The molecule has 0 unspecified atom stereocenters. The second-order valence-electron chi connectivity index (χ2n) is 4.60. The first-order valence-electron chi connectivity index (χ1n) is 6.43. The summed E-state index contributed by atoms with van der Waals surface area (Å²) in [5.41, 5.74) is 1.20. The summed E-state index contributed by atoms with van der Waals surface area (Å²) in [6, 6.07) is 10.9. The van der Waals surface area contributed by atoms with Gasteiger partial charge in [0.1, 0.15) is 0 Å². The van der Waals surface area contributed by atoms with Crippen molar-refractivity contribution in [2.24, 2.45) is 0 Å². The standard InChI is InChI=1S/C16H13NO3S/c1-20-16(19)12-5-3-2-4-11(12)10-17-8-6-14-13(15(17)18)7-9-21-14/h2-9H,10H2,1H3. The molecule has 0 N–H and O–H groups in total. The van der Waals surface area contributed by atoms with Gasteiger partial charge in [0.15, 0.2) is 0 Å². The third-order valence-corrected chi connectivity index (χ3v) is 4.24. The van der Waals surface area contributed by atoms with Gasteiger partial charge < -0.3 is 9.30 Å². The van der Waals surface area contributed by atoms with Gasteiger partial charge in [0.25, 0.3) is 5.56 Å². The molecule has 5 heteroatoms. The molecule has 3 aromatic rings. The van der Waals surface area contributed by atoms with Gasteiger partial charge in [0.2, 0.25) is 0 Å². The number of thiophene rings is 1. The highest BCUT2D eigenvalue weighted by Gasteiger charge is 2.12. The van der Waals surface area contributed by atoms with Gasteiger partial charge in [-0.1, -0.05) is 18.2 Å². The van der Waals surface area contributed by atoms with Crippen molar-refractivity contribution in [3.63, 3.8) is 0 Å². The largest absolute Gasteiger partial charge is 0.465 e. The number of ether oxygens (including phenoxy) is 1. The van der Waals surface area contributed by atoms with E-state index in [0.29, 0.717) is 17.5 Å². The zero-order chi connectivity index (χ0) is 14.8. The average Bonchev–Trinajstić information content (AvgIpc) is 2.99. The first-order valence-corrected chi connectivity index (χ1v) is 7.31. The number of carbonyl (C=O) groups is 1. The monoisotopic (exact) mass is 299 g/mol. The van der Waals surface area contributed by atoms with Gasteiger partial charge >= 0.3 is 5.97 Å². The molecular formula is C16H13NO3S. The van der Waals surface area contributed by atoms with Crippen LogP contribution >= 0.6 is 11.3 Å². The number of hydrogen-bond acceptors (Lipinski definition) is 4. The molecule has 4 nitrogen and oxygen atoms in total. The molecular weight excluding hydrogens is 286 g/mol. The summed E-state index contributed by atoms with van der Waals surface area (Å²) >= 11 is 1.54. The summed E-state index contributed by atoms with van der Waals surface area (Å²) < 4.78 is 7.36. The zero-order valence-electron chi connectivity index (χ0n) is 11.4. The van der Waals surface area contributed by atoms with Crippen LogP contribution in [0, 0.1) is 0 Å². The lowest BCUT2D eigenvalue weighted by molar-refractivity contribution is 0.0599. The molecule has 0 aliphatic carbocycles. The summed E-state index contributed by atoms with van der Waals surface area (Å²) in [5.74, 6) is -0.393. The number of hydrogen-bond donors (Lipinski definition) is 0. The third kappa shape index (κ3) is 2.48. The first kappa shape index (κ1) is 13.6. The molecule has 0 aliphatic rings. The van der Waals surface area contributed by atoms with Gasteiger partial charge in [-0.25, -0.2) is 4.79 Å². The fourth-order valence-electron chi connectivity index (χ4n) is 2.28. The molecule has 3 rings (SSSR count). The van der Waals surface area contributed by atoms with Gasteiger partial charge in [0, 0.05) is 10.9 Å². The van der Waals surface area contributed by atoms with Crippen molar-refractivity contribution in [2.75, 3.05) is 7.11 Å². The fourth-order valence-corrected chi connectivity index (χ4v) is 3.05. The van der Waals surface area contributed by atoms with Crippen LogP contribution in [0.2, 0.25) is 0 Å². The van der Waals surface area contributed by atoms with E-state index in [1.165, 1.54) is 7.11 Å². The van der Waals surface area contributed by atoms with Crippen molar-refractivity contribution >= 4 is 27.4 Å². The molecule has 0 bridgehead atoms. The Bertz CT molecular complexity index is 863. The molecule has 0 saturated carbocycles. The second kappa shape index (κ2) is 5.54. The van der Waals surface area contributed by atoms with E-state index in [1.54, 1.807) is 34.2 Å². The highest BCUT2D eigenvalue weighted by Crippen LogP contribution is 2.17. The Morgan fingerprint density at radius 3 is 2.86 bits per heavy atom. The smallest absolute Gasteiger partial charge is 0.338 e. The topological polar surface area (TPSA) is 48.3 Å². The van der Waals surface area contributed by atoms with Gasteiger partial charge in [-0.2, -0.15) is 0 Å². The van der Waals surface area contributed by atoms with Crippen molar-refractivity contribution in [1.29, 1.82) is 0 Å². The van der Waals surface area contributed by atoms with E-state index in [0.717, 1.165) is 10.3 Å². The van der Waals surface area contributed by atoms with E-state index in [-0.39, 0.29) is 5.56 Å². The van der Waals surface area contributed by atoms with E-state index in [2.05, 4.69) is 0 Å². The van der Waals surface area contributed by atoms with Crippen molar-refractivity contribution in [3.8, 4) is 0 Å². The van der Waals surface area contributed by atoms with Crippen LogP contribution in [0.4, 0.5) is 0 Å². The fraction of sp³-hybridized carbons (Fsp3) is 0.125. The summed E-state index contributed by atoms with van der Waals surface area (Å²) in [5, 5.41) is 2.61. The van der Waals surface area contributed by atoms with Crippen molar-refractivity contribution in [1.82, 2.24) is 4.57 Å². The Morgan fingerprint density at radius 1 is 1.24 bits per heavy atom. The lowest BCUT2D eigenvalue weighted by Crippen LogP contribution is -2.20. The molecule has 106 valence electrons. The van der Waals surface area contributed by atoms with E-state index < -0.39 is 5.97 Å². The van der Waals surface area contributed by atoms with Crippen molar-refractivity contribution in [2.45, 2.75) is 6.54 Å². The molecule has 0 radical (unpaired) electrons. The van der Waals surface area contributed by atoms with Gasteiger partial charge in [-0.15, -0.1) is 11.3 Å². The molecule has 1 aromatic carbocycles. The number of pyridine rings is 1. The lowest BCUT2D eigenvalue weighted by atomic mass is 10.1. The van der Waals surface area contributed by atoms with Crippen LogP contribution in [0.3, 0.4) is 0 Å². The van der Waals surface area contributed by atoms with E-state index in [9.17, 15) is 9.59 Å². The molecule has 0 spiro atoms. The summed E-state index contributed by atoms with van der Waals surface area (Å²) in [6.45, 7) is 0.343. The number of fused-ring (bicyclic) bond motifs is 1. The molecule has 2 aromatic heterocycles. The summed E-state index contributed by atoms with van der Waals surface area (Å²) in [4.78, 5) is 24.2. The molecule has 0 aliphatic heterocycles. The second-order valence-corrected chi connectivity index (χ2v) is 5.54. The van der Waals surface area contributed by atoms with Crippen LogP contribution in [-0.2, 0) is 11.3 Å². The van der Waals surface area contributed by atoms with Crippen molar-refractivity contribution in [3.05, 3.63) is 69.5 Å². The van der Waals surface area contributed by atoms with Gasteiger partial charge in [-0.05, 0) is 29.1 Å². The van der Waals surface area contributed by atoms with Crippen molar-refractivity contribution < 1.29 is 9.53 Å². The predicted octanol–water partition coefficient (Wildman–Crippen LogP) is 2.90. The van der Waals surface area contributed by atoms with Crippen LogP contribution in [0.5, 0.6) is 0 Å². The Balaban J connectivity index is 2.05. The van der Waals surface area contributed by atoms with Crippen LogP contribution in [0.1, 0.15) is 15.9 Å². The number of carbonyl (C=O) groups excluding carboxylic acids is 1. The minimum Gasteiger partial charge on any atom is -0.465 e. The quantitative estimate of drug-likeness (QED) is 0.699. The number of benzene rings is 1. The van der Waals surface area contributed by atoms with E-state index >= 15 is 0 Å². The van der Waals surface area contributed by atoms with Gasteiger partial charge in [-0.3, -0.25) is 4.79 Å². The van der Waals surface area contributed by atoms with Crippen LogP contribution in [-0.4, -0.2) is 17.6 Å². The lowest BCUT2D eigenvalue weighted by Gasteiger charge is -2.10. The Kier molecular flexibility index (Phi) is 3.58. The van der Waals surface area contributed by atoms with Crippen LogP contribution < -0.4 is 5.56 Å². The van der Waals surface area contributed by atoms with E-state index in [4.69, 9.17) is 4.74 Å². The summed E-state index contributed by atoms with van der Waals surface area (Å²) in [6.07, 6.45) is 1.76. The molecule has 21 heavy (non-hydrogen) atoms. The molecule has 0 atom stereocenters. The minimum absolute atomic E-state index is 0.0478. The molecule has 0 saturated heterocycles. The maximum absolute atomic E-state index is 12.4. The molecule has 2 heterocycles. The normalized spacial score (nSPS) is 10.7. The minimum atomic E-state index is -0.393. The number of methoxy groups -OCH3 is 1. The number of nitrogens with zero attached hydrogens (tertiary/aromatic N) is 1. The number of rotatable bonds is 3. The Hall–Kier alpha value is -2.40. The number of esters is 1. The molecule has 0 fully saturated rings. The maximum atomic E-state index is 12.4. The van der Waals surface area contributed by atoms with Crippen LogP contribution in [0.15, 0.2) is 52.8 Å². The molecule has 0 amide bonds. The first-order chi connectivity index (χ1) is 10.2. The predicted molar refractivity (Wildman–Crippen MR) is 83.0 cm³/mol. The zero-order valence-corrected chi connectivity index (χ0v) is 12.2. The number of aromatic nitrogens is 1. The highest BCUT2D eigenvalue weighted by atomic mass is 32.1.